The van der Waals surface area contributed by atoms with Crippen LogP contribution < -0.4 is 5.32 Å². The number of ether oxygens (including phenoxy) is 1. The third-order valence-electron chi connectivity index (χ3n) is 6.04. The Morgan fingerprint density at radius 1 is 1.19 bits per heavy atom. The zero-order chi connectivity index (χ0) is 15.1. The number of hydrogen-bond donors (Lipinski definition) is 1. The molecule has 3 aliphatic rings. The SMILES string of the molecule is CC1CNC(C(C)(C)C)CN1CC1CCC2(CCCC2)O1. The number of rotatable bonds is 2. The maximum atomic E-state index is 6.52. The topological polar surface area (TPSA) is 24.5 Å². The monoisotopic (exact) mass is 294 g/mol. The molecule has 1 N–H and O–H groups in total. The van der Waals surface area contributed by atoms with Crippen molar-refractivity contribution >= 4 is 0 Å². The molecule has 3 unspecified atom stereocenters. The van der Waals surface area contributed by atoms with Crippen molar-refractivity contribution in [3.8, 4) is 0 Å². The van der Waals surface area contributed by atoms with Crippen molar-refractivity contribution in [1.82, 2.24) is 10.2 Å². The number of nitrogens with zero attached hydrogens (tertiary/aromatic N) is 1. The van der Waals surface area contributed by atoms with Crippen molar-refractivity contribution < 1.29 is 4.74 Å². The summed E-state index contributed by atoms with van der Waals surface area (Å²) in [4.78, 5) is 2.67. The van der Waals surface area contributed by atoms with Gasteiger partial charge in [-0.1, -0.05) is 33.6 Å². The Morgan fingerprint density at radius 3 is 2.57 bits per heavy atom. The second-order valence-electron chi connectivity index (χ2n) is 8.80. The Bertz CT molecular complexity index is 357. The molecule has 3 fully saturated rings. The van der Waals surface area contributed by atoms with Crippen molar-refractivity contribution in [3.05, 3.63) is 0 Å². The Morgan fingerprint density at radius 2 is 1.90 bits per heavy atom. The molecule has 0 bridgehead atoms. The van der Waals surface area contributed by atoms with Gasteiger partial charge in [0.25, 0.3) is 0 Å². The highest BCUT2D eigenvalue weighted by atomic mass is 16.5. The van der Waals surface area contributed by atoms with Crippen LogP contribution in [0.3, 0.4) is 0 Å². The Balaban J connectivity index is 1.56. The van der Waals surface area contributed by atoms with Crippen LogP contribution in [0.4, 0.5) is 0 Å². The van der Waals surface area contributed by atoms with E-state index in [9.17, 15) is 0 Å². The molecule has 1 saturated carbocycles. The van der Waals surface area contributed by atoms with E-state index >= 15 is 0 Å². The molecule has 3 atom stereocenters. The molecular formula is C18H34N2O. The predicted molar refractivity (Wildman–Crippen MR) is 87.6 cm³/mol. The molecule has 3 nitrogen and oxygen atoms in total. The lowest BCUT2D eigenvalue weighted by molar-refractivity contribution is -0.0562. The first-order valence-corrected chi connectivity index (χ1v) is 9.03. The summed E-state index contributed by atoms with van der Waals surface area (Å²) < 4.78 is 6.52. The third kappa shape index (κ3) is 3.46. The van der Waals surface area contributed by atoms with E-state index in [1.165, 1.54) is 38.5 Å². The van der Waals surface area contributed by atoms with Crippen molar-refractivity contribution in [3.63, 3.8) is 0 Å². The molecule has 0 aromatic heterocycles. The Hall–Kier alpha value is -0.120. The molecule has 2 aliphatic heterocycles. The van der Waals surface area contributed by atoms with Crippen molar-refractivity contribution in [2.24, 2.45) is 5.41 Å². The van der Waals surface area contributed by atoms with Gasteiger partial charge in [-0.2, -0.15) is 0 Å². The Kier molecular flexibility index (Phi) is 4.37. The molecule has 21 heavy (non-hydrogen) atoms. The molecule has 0 aromatic rings. The van der Waals surface area contributed by atoms with Gasteiger partial charge >= 0.3 is 0 Å². The van der Waals surface area contributed by atoms with E-state index in [1.54, 1.807) is 0 Å². The molecule has 2 heterocycles. The molecule has 1 aliphatic carbocycles. The molecule has 3 rings (SSSR count). The highest BCUT2D eigenvalue weighted by Crippen LogP contribution is 2.43. The van der Waals surface area contributed by atoms with Gasteiger partial charge in [0.2, 0.25) is 0 Å². The number of piperazine rings is 1. The van der Waals surface area contributed by atoms with Gasteiger partial charge in [-0.05, 0) is 38.0 Å². The standard InChI is InChI=1S/C18H34N2O/c1-14-11-19-16(17(2,3)4)13-20(14)12-15-7-10-18(21-15)8-5-6-9-18/h14-16,19H,5-13H2,1-4H3. The zero-order valence-electron chi connectivity index (χ0n) is 14.5. The molecule has 0 radical (unpaired) electrons. The lowest BCUT2D eigenvalue weighted by Gasteiger charge is -2.44. The Labute approximate surface area is 130 Å². The first-order valence-electron chi connectivity index (χ1n) is 9.03. The quantitative estimate of drug-likeness (QED) is 0.846. The average molecular weight is 294 g/mol. The van der Waals surface area contributed by atoms with Gasteiger partial charge in [-0.25, -0.2) is 0 Å². The van der Waals surface area contributed by atoms with Crippen molar-refractivity contribution in [2.45, 2.75) is 90.0 Å². The molecule has 1 spiro atoms. The van der Waals surface area contributed by atoms with Gasteiger partial charge < -0.3 is 10.1 Å². The maximum absolute atomic E-state index is 6.52. The zero-order valence-corrected chi connectivity index (χ0v) is 14.5. The molecule has 3 heteroatoms. The van der Waals surface area contributed by atoms with Crippen LogP contribution in [0.1, 0.15) is 66.2 Å². The van der Waals surface area contributed by atoms with E-state index < -0.39 is 0 Å². The van der Waals surface area contributed by atoms with Crippen LogP contribution in [0.15, 0.2) is 0 Å². The smallest absolute Gasteiger partial charge is 0.0710 e. The van der Waals surface area contributed by atoms with Crippen LogP contribution >= 0.6 is 0 Å². The van der Waals surface area contributed by atoms with Gasteiger partial charge in [-0.15, -0.1) is 0 Å². The molecule has 2 saturated heterocycles. The fraction of sp³-hybridized carbons (Fsp3) is 1.00. The third-order valence-corrected chi connectivity index (χ3v) is 6.04. The molecular weight excluding hydrogens is 260 g/mol. The summed E-state index contributed by atoms with van der Waals surface area (Å²) in [5.41, 5.74) is 0.618. The summed E-state index contributed by atoms with van der Waals surface area (Å²) in [5, 5.41) is 3.73. The van der Waals surface area contributed by atoms with E-state index in [-0.39, 0.29) is 5.60 Å². The minimum atomic E-state index is 0.283. The number of hydrogen-bond acceptors (Lipinski definition) is 3. The van der Waals surface area contributed by atoms with Gasteiger partial charge in [-0.3, -0.25) is 4.90 Å². The predicted octanol–water partition coefficient (Wildman–Crippen LogP) is 3.19. The average Bonchev–Trinajstić information content (AvgIpc) is 3.02. The van der Waals surface area contributed by atoms with Crippen LogP contribution in [-0.2, 0) is 4.74 Å². The van der Waals surface area contributed by atoms with Crippen LogP contribution in [0, 0.1) is 5.41 Å². The lowest BCUT2D eigenvalue weighted by Crippen LogP contribution is -2.60. The second kappa shape index (κ2) is 5.82. The fourth-order valence-electron chi connectivity index (χ4n) is 4.43. The summed E-state index contributed by atoms with van der Waals surface area (Å²) in [6, 6.07) is 1.22. The highest BCUT2D eigenvalue weighted by Gasteiger charge is 2.43. The van der Waals surface area contributed by atoms with Crippen LogP contribution in [0.2, 0.25) is 0 Å². The van der Waals surface area contributed by atoms with E-state index in [2.05, 4.69) is 37.9 Å². The number of nitrogens with one attached hydrogen (secondary N) is 1. The minimum Gasteiger partial charge on any atom is -0.370 e. The van der Waals surface area contributed by atoms with Gasteiger partial charge in [0.05, 0.1) is 11.7 Å². The van der Waals surface area contributed by atoms with Crippen LogP contribution in [0.5, 0.6) is 0 Å². The van der Waals surface area contributed by atoms with E-state index in [0.29, 0.717) is 23.6 Å². The van der Waals surface area contributed by atoms with Gasteiger partial charge in [0, 0.05) is 31.7 Å². The van der Waals surface area contributed by atoms with Crippen LogP contribution in [-0.4, -0.2) is 48.3 Å². The molecule has 0 amide bonds. The molecule has 0 aromatic carbocycles. The molecule has 122 valence electrons. The van der Waals surface area contributed by atoms with E-state index in [1.807, 2.05) is 0 Å². The van der Waals surface area contributed by atoms with Crippen LogP contribution in [0.25, 0.3) is 0 Å². The maximum Gasteiger partial charge on any atom is 0.0710 e. The largest absolute Gasteiger partial charge is 0.370 e. The summed E-state index contributed by atoms with van der Waals surface area (Å²) in [6.07, 6.45) is 8.43. The highest BCUT2D eigenvalue weighted by molar-refractivity contribution is 4.96. The fourth-order valence-corrected chi connectivity index (χ4v) is 4.43. The normalized spacial score (nSPS) is 37.4. The summed E-state index contributed by atoms with van der Waals surface area (Å²) >= 11 is 0. The van der Waals surface area contributed by atoms with Crippen molar-refractivity contribution in [1.29, 1.82) is 0 Å². The first-order chi connectivity index (χ1) is 9.88. The second-order valence-corrected chi connectivity index (χ2v) is 8.80. The van der Waals surface area contributed by atoms with E-state index in [0.717, 1.165) is 19.6 Å². The minimum absolute atomic E-state index is 0.283. The summed E-state index contributed by atoms with van der Waals surface area (Å²) in [7, 11) is 0. The summed E-state index contributed by atoms with van der Waals surface area (Å²) in [5.74, 6) is 0. The van der Waals surface area contributed by atoms with Gasteiger partial charge in [0.1, 0.15) is 0 Å². The van der Waals surface area contributed by atoms with Gasteiger partial charge in [0.15, 0.2) is 0 Å². The summed E-state index contributed by atoms with van der Waals surface area (Å²) in [6.45, 7) is 12.8. The lowest BCUT2D eigenvalue weighted by atomic mass is 9.84. The van der Waals surface area contributed by atoms with Crippen molar-refractivity contribution in [2.75, 3.05) is 19.6 Å². The first kappa shape index (κ1) is 15.8. The van der Waals surface area contributed by atoms with E-state index in [4.69, 9.17) is 4.74 Å².